The Balaban J connectivity index is 2.25. The quantitative estimate of drug-likeness (QED) is 0.399. The van der Waals surface area contributed by atoms with Crippen molar-refractivity contribution in [3.8, 4) is 0 Å². The molecular weight excluding hydrogens is 118 g/mol. The molecule has 3 N–H and O–H groups in total. The maximum atomic E-state index is 9.03. The van der Waals surface area contributed by atoms with Gasteiger partial charge < -0.3 is 15.5 Å². The van der Waals surface area contributed by atoms with Crippen molar-refractivity contribution < 1.29 is 10.2 Å². The highest BCUT2D eigenvalue weighted by molar-refractivity contribution is 4.70. The molecule has 0 unspecified atom stereocenters. The van der Waals surface area contributed by atoms with Crippen molar-refractivity contribution in [2.24, 2.45) is 0 Å². The van der Waals surface area contributed by atoms with Crippen LogP contribution < -0.4 is 5.32 Å². The van der Waals surface area contributed by atoms with Crippen LogP contribution in [0.15, 0.2) is 0 Å². The van der Waals surface area contributed by atoms with E-state index >= 15 is 0 Å². The predicted molar refractivity (Wildman–Crippen MR) is 34.1 cm³/mol. The van der Waals surface area contributed by atoms with E-state index in [4.69, 9.17) is 10.2 Å². The largest absolute Gasteiger partial charge is 0.392 e. The van der Waals surface area contributed by atoms with Gasteiger partial charge in [0.05, 0.1) is 12.2 Å². The first kappa shape index (κ1) is 6.99. The Labute approximate surface area is 54.7 Å². The van der Waals surface area contributed by atoms with E-state index in [-0.39, 0.29) is 12.2 Å². The molecule has 0 aromatic heterocycles. The van der Waals surface area contributed by atoms with E-state index in [0.717, 1.165) is 0 Å². The molecule has 0 aromatic rings. The lowest BCUT2D eigenvalue weighted by atomic mass is 10.1. The molecule has 1 aliphatic rings. The van der Waals surface area contributed by atoms with Gasteiger partial charge in [0, 0.05) is 13.1 Å². The maximum Gasteiger partial charge on any atom is 0.0665 e. The lowest BCUT2D eigenvalue weighted by Crippen LogP contribution is -2.27. The van der Waals surface area contributed by atoms with E-state index in [1.165, 1.54) is 0 Å². The third-order valence-electron chi connectivity index (χ3n) is 1.59. The van der Waals surface area contributed by atoms with Gasteiger partial charge in [-0.05, 0) is 12.8 Å². The van der Waals surface area contributed by atoms with E-state index in [1.807, 2.05) is 0 Å². The Kier molecular flexibility index (Phi) is 2.45. The highest BCUT2D eigenvalue weighted by Gasteiger charge is 2.13. The lowest BCUT2D eigenvalue weighted by Gasteiger charge is -2.03. The Morgan fingerprint density at radius 3 is 1.89 bits per heavy atom. The second kappa shape index (κ2) is 3.15. The summed E-state index contributed by atoms with van der Waals surface area (Å²) in [5.74, 6) is 0. The van der Waals surface area contributed by atoms with Gasteiger partial charge in [0.25, 0.3) is 0 Å². The summed E-state index contributed by atoms with van der Waals surface area (Å²) in [7, 11) is 0. The first-order valence-electron chi connectivity index (χ1n) is 3.36. The zero-order chi connectivity index (χ0) is 6.69. The van der Waals surface area contributed by atoms with Gasteiger partial charge in [-0.3, -0.25) is 0 Å². The third-order valence-corrected chi connectivity index (χ3v) is 1.59. The molecule has 0 radical (unpaired) electrons. The zero-order valence-electron chi connectivity index (χ0n) is 5.38. The van der Waals surface area contributed by atoms with Crippen LogP contribution in [-0.2, 0) is 0 Å². The second-order valence-electron chi connectivity index (χ2n) is 2.54. The van der Waals surface area contributed by atoms with E-state index in [2.05, 4.69) is 5.32 Å². The van der Waals surface area contributed by atoms with E-state index in [0.29, 0.717) is 25.9 Å². The molecule has 0 spiro atoms. The summed E-state index contributed by atoms with van der Waals surface area (Å²) in [4.78, 5) is 0. The number of nitrogens with one attached hydrogen (secondary N) is 1. The first-order chi connectivity index (χ1) is 4.29. The Morgan fingerprint density at radius 2 is 1.44 bits per heavy atom. The first-order valence-corrected chi connectivity index (χ1v) is 3.36. The van der Waals surface area contributed by atoms with Crippen molar-refractivity contribution in [2.45, 2.75) is 25.0 Å². The third kappa shape index (κ3) is 2.30. The predicted octanol–water partition coefficient (Wildman–Crippen LogP) is -0.908. The van der Waals surface area contributed by atoms with E-state index in [9.17, 15) is 0 Å². The van der Waals surface area contributed by atoms with E-state index in [1.54, 1.807) is 0 Å². The van der Waals surface area contributed by atoms with Gasteiger partial charge in [0.15, 0.2) is 0 Å². The van der Waals surface area contributed by atoms with Crippen LogP contribution in [-0.4, -0.2) is 35.5 Å². The van der Waals surface area contributed by atoms with Crippen molar-refractivity contribution in [1.82, 2.24) is 5.32 Å². The highest BCUT2D eigenvalue weighted by atomic mass is 16.3. The summed E-state index contributed by atoms with van der Waals surface area (Å²) in [6.07, 6.45) is 0.909. The number of aliphatic hydroxyl groups excluding tert-OH is 2. The summed E-state index contributed by atoms with van der Waals surface area (Å²) in [5, 5.41) is 21.0. The molecule has 3 heteroatoms. The standard InChI is InChI=1S/C6H13NO2/c8-5-1-2-6(9)4-7-3-5/h5-9H,1-4H2/t5-,6-/m0/s1. The molecule has 2 atom stereocenters. The highest BCUT2D eigenvalue weighted by Crippen LogP contribution is 2.03. The van der Waals surface area contributed by atoms with Crippen molar-refractivity contribution in [2.75, 3.05) is 13.1 Å². The fourth-order valence-corrected chi connectivity index (χ4v) is 1.01. The number of β-amino-alcohol motifs (C(OH)–C–C–N with tert-alkyl or cyclic N) is 2. The SMILES string of the molecule is O[C@H]1CC[C@H](O)CNC1. The molecule has 1 aliphatic heterocycles. The van der Waals surface area contributed by atoms with Crippen molar-refractivity contribution in [3.63, 3.8) is 0 Å². The normalized spacial score (nSPS) is 38.0. The summed E-state index contributed by atoms with van der Waals surface area (Å²) in [5.41, 5.74) is 0. The van der Waals surface area contributed by atoms with Crippen LogP contribution in [0.5, 0.6) is 0 Å². The lowest BCUT2D eigenvalue weighted by molar-refractivity contribution is 0.144. The minimum Gasteiger partial charge on any atom is -0.392 e. The molecule has 1 rings (SSSR count). The summed E-state index contributed by atoms with van der Waals surface area (Å²) < 4.78 is 0. The van der Waals surface area contributed by atoms with Gasteiger partial charge in [0.1, 0.15) is 0 Å². The maximum absolute atomic E-state index is 9.03. The van der Waals surface area contributed by atoms with Gasteiger partial charge in [-0.1, -0.05) is 0 Å². The van der Waals surface area contributed by atoms with Crippen LogP contribution in [0.2, 0.25) is 0 Å². The number of hydrogen-bond acceptors (Lipinski definition) is 3. The van der Waals surface area contributed by atoms with Crippen LogP contribution in [0.1, 0.15) is 12.8 Å². The van der Waals surface area contributed by atoms with Crippen LogP contribution in [0.3, 0.4) is 0 Å². The fraction of sp³-hybridized carbons (Fsp3) is 1.00. The molecule has 0 aromatic carbocycles. The molecule has 0 amide bonds. The molecular formula is C6H13NO2. The Bertz CT molecular complexity index is 77.1. The van der Waals surface area contributed by atoms with Gasteiger partial charge in [-0.25, -0.2) is 0 Å². The molecule has 0 bridgehead atoms. The Morgan fingerprint density at radius 1 is 1.00 bits per heavy atom. The molecule has 0 aliphatic carbocycles. The van der Waals surface area contributed by atoms with Crippen LogP contribution in [0.4, 0.5) is 0 Å². The van der Waals surface area contributed by atoms with Crippen molar-refractivity contribution in [1.29, 1.82) is 0 Å². The zero-order valence-corrected chi connectivity index (χ0v) is 5.38. The van der Waals surface area contributed by atoms with Crippen LogP contribution in [0, 0.1) is 0 Å². The van der Waals surface area contributed by atoms with Crippen molar-refractivity contribution >= 4 is 0 Å². The van der Waals surface area contributed by atoms with Crippen LogP contribution in [0.25, 0.3) is 0 Å². The topological polar surface area (TPSA) is 52.5 Å². The number of rotatable bonds is 0. The number of hydrogen-bond donors (Lipinski definition) is 3. The van der Waals surface area contributed by atoms with Crippen LogP contribution >= 0.6 is 0 Å². The van der Waals surface area contributed by atoms with Gasteiger partial charge in [0.2, 0.25) is 0 Å². The summed E-state index contributed by atoms with van der Waals surface area (Å²) >= 11 is 0. The molecule has 9 heavy (non-hydrogen) atoms. The fourth-order valence-electron chi connectivity index (χ4n) is 1.01. The number of aliphatic hydroxyl groups is 2. The average molecular weight is 131 g/mol. The van der Waals surface area contributed by atoms with Gasteiger partial charge >= 0.3 is 0 Å². The molecule has 1 saturated heterocycles. The second-order valence-corrected chi connectivity index (χ2v) is 2.54. The van der Waals surface area contributed by atoms with Gasteiger partial charge in [-0.15, -0.1) is 0 Å². The van der Waals surface area contributed by atoms with Gasteiger partial charge in [-0.2, -0.15) is 0 Å². The average Bonchev–Trinajstić information content (AvgIpc) is 1.97. The smallest absolute Gasteiger partial charge is 0.0665 e. The summed E-state index contributed by atoms with van der Waals surface area (Å²) in [6.45, 7) is 1.24. The molecule has 1 heterocycles. The molecule has 3 nitrogen and oxygen atoms in total. The van der Waals surface area contributed by atoms with Crippen molar-refractivity contribution in [3.05, 3.63) is 0 Å². The molecule has 54 valence electrons. The minimum atomic E-state index is -0.262. The Hall–Kier alpha value is -0.120. The summed E-state index contributed by atoms with van der Waals surface area (Å²) in [6, 6.07) is 0. The monoisotopic (exact) mass is 131 g/mol. The molecule has 0 saturated carbocycles. The minimum absolute atomic E-state index is 0.262. The van der Waals surface area contributed by atoms with E-state index < -0.39 is 0 Å². The molecule has 1 fully saturated rings.